The Hall–Kier alpha value is -2.35. The molecule has 0 saturated carbocycles. The highest BCUT2D eigenvalue weighted by atomic mass is 32.2. The summed E-state index contributed by atoms with van der Waals surface area (Å²) in [6.45, 7) is 3.87. The Labute approximate surface area is 143 Å². The number of nitrogens with zero attached hydrogens (tertiary/aromatic N) is 2. The molecule has 8 heteroatoms. The van der Waals surface area contributed by atoms with Crippen molar-refractivity contribution in [2.45, 2.75) is 30.8 Å². The van der Waals surface area contributed by atoms with Gasteiger partial charge in [-0.15, -0.1) is 0 Å². The van der Waals surface area contributed by atoms with Crippen LogP contribution in [0.2, 0.25) is 0 Å². The molecule has 2 aromatic heterocycles. The molecular weight excluding hydrogens is 353 g/mol. The van der Waals surface area contributed by atoms with Gasteiger partial charge in [0.2, 0.25) is 0 Å². The van der Waals surface area contributed by atoms with Crippen molar-refractivity contribution in [3.05, 3.63) is 59.9 Å². The standard InChI is InChI=1S/C17H14F3N2O2S/c1-11(2)12-4-3-5-15(9-12)25(23,24)22-7-6-13-8-14(17(18,19)20)10-21-16(13)22/h3-6,8-11H,1-2H3. The molecule has 25 heavy (non-hydrogen) atoms. The number of alkyl halides is 3. The zero-order valence-electron chi connectivity index (χ0n) is 13.4. The van der Waals surface area contributed by atoms with Crippen molar-refractivity contribution in [3.63, 3.8) is 0 Å². The largest absolute Gasteiger partial charge is 0.417 e. The van der Waals surface area contributed by atoms with Crippen molar-refractivity contribution in [1.29, 1.82) is 0 Å². The first-order valence-electron chi connectivity index (χ1n) is 7.42. The predicted octanol–water partition coefficient (Wildman–Crippen LogP) is 4.22. The summed E-state index contributed by atoms with van der Waals surface area (Å²) in [6.07, 6.45) is -1.45. The van der Waals surface area contributed by atoms with Gasteiger partial charge in [-0.1, -0.05) is 26.0 Å². The smallest absolute Gasteiger partial charge is 0.237 e. The predicted molar refractivity (Wildman–Crippen MR) is 86.7 cm³/mol. The second-order valence-electron chi connectivity index (χ2n) is 5.90. The van der Waals surface area contributed by atoms with Crippen LogP contribution in [0.4, 0.5) is 13.2 Å². The highest BCUT2D eigenvalue weighted by molar-refractivity contribution is 7.90. The van der Waals surface area contributed by atoms with Crippen LogP contribution in [-0.2, 0) is 16.2 Å². The van der Waals surface area contributed by atoms with Crippen LogP contribution >= 0.6 is 0 Å². The number of benzene rings is 1. The SMILES string of the molecule is CC(C)c1cccc(S(=O)(=O)n2[c]cc3cc(C(F)(F)F)cnc32)c1. The van der Waals surface area contributed by atoms with E-state index in [9.17, 15) is 21.6 Å². The topological polar surface area (TPSA) is 52.0 Å². The van der Waals surface area contributed by atoms with Crippen molar-refractivity contribution in [2.75, 3.05) is 0 Å². The molecule has 3 aromatic rings. The average Bonchev–Trinajstić information content (AvgIpc) is 2.98. The Kier molecular flexibility index (Phi) is 4.10. The summed E-state index contributed by atoms with van der Waals surface area (Å²) in [4.78, 5) is 3.73. The van der Waals surface area contributed by atoms with E-state index in [0.717, 1.165) is 15.6 Å². The number of rotatable bonds is 3. The molecule has 0 spiro atoms. The van der Waals surface area contributed by atoms with Gasteiger partial charge >= 0.3 is 6.18 Å². The highest BCUT2D eigenvalue weighted by Crippen LogP contribution is 2.31. The van der Waals surface area contributed by atoms with E-state index in [2.05, 4.69) is 11.2 Å². The van der Waals surface area contributed by atoms with E-state index in [1.54, 1.807) is 12.1 Å². The van der Waals surface area contributed by atoms with Gasteiger partial charge in [0.05, 0.1) is 16.7 Å². The lowest BCUT2D eigenvalue weighted by Gasteiger charge is -2.11. The molecule has 0 aliphatic carbocycles. The Bertz CT molecular complexity index is 1040. The number of hydrogen-bond acceptors (Lipinski definition) is 3. The molecule has 2 heterocycles. The van der Waals surface area contributed by atoms with E-state index in [1.807, 2.05) is 19.9 Å². The lowest BCUT2D eigenvalue weighted by Crippen LogP contribution is -2.13. The number of hydrogen-bond donors (Lipinski definition) is 0. The first-order valence-corrected chi connectivity index (χ1v) is 8.86. The van der Waals surface area contributed by atoms with Crippen molar-refractivity contribution < 1.29 is 21.6 Å². The van der Waals surface area contributed by atoms with Crippen molar-refractivity contribution in [1.82, 2.24) is 8.96 Å². The molecule has 0 saturated heterocycles. The van der Waals surface area contributed by atoms with E-state index in [0.29, 0.717) is 6.20 Å². The molecular formula is C17H14F3N2O2S. The maximum atomic E-state index is 12.8. The highest BCUT2D eigenvalue weighted by Gasteiger charge is 2.32. The van der Waals surface area contributed by atoms with Crippen LogP contribution in [0, 0.1) is 6.20 Å². The summed E-state index contributed by atoms with van der Waals surface area (Å²) in [5.74, 6) is 0.132. The van der Waals surface area contributed by atoms with Crippen LogP contribution in [0.15, 0.2) is 47.5 Å². The molecule has 0 N–H and O–H groups in total. The quantitative estimate of drug-likeness (QED) is 0.697. The summed E-state index contributed by atoms with van der Waals surface area (Å²) in [5.41, 5.74) is -0.196. The third kappa shape index (κ3) is 3.13. The van der Waals surface area contributed by atoms with E-state index in [-0.39, 0.29) is 21.8 Å². The van der Waals surface area contributed by atoms with Gasteiger partial charge in [0.1, 0.15) is 0 Å². The van der Waals surface area contributed by atoms with Gasteiger partial charge in [-0.2, -0.15) is 13.2 Å². The summed E-state index contributed by atoms with van der Waals surface area (Å²) in [7, 11) is -4.01. The molecule has 131 valence electrons. The lowest BCUT2D eigenvalue weighted by molar-refractivity contribution is -0.137. The van der Waals surface area contributed by atoms with Crippen molar-refractivity contribution >= 4 is 21.1 Å². The van der Waals surface area contributed by atoms with Gasteiger partial charge in [-0.05, 0) is 35.7 Å². The van der Waals surface area contributed by atoms with Gasteiger partial charge in [0.15, 0.2) is 5.65 Å². The molecule has 0 bridgehead atoms. The fraction of sp³-hybridized carbons (Fsp3) is 0.235. The average molecular weight is 367 g/mol. The molecule has 0 atom stereocenters. The van der Waals surface area contributed by atoms with Crippen LogP contribution in [0.5, 0.6) is 0 Å². The number of pyridine rings is 1. The van der Waals surface area contributed by atoms with Crippen LogP contribution in [0.3, 0.4) is 0 Å². The Morgan fingerprint density at radius 2 is 1.92 bits per heavy atom. The molecule has 1 aromatic carbocycles. The molecule has 1 radical (unpaired) electrons. The second kappa shape index (κ2) is 5.87. The minimum absolute atomic E-state index is 0.0362. The van der Waals surface area contributed by atoms with Gasteiger partial charge < -0.3 is 0 Å². The Morgan fingerprint density at radius 1 is 1.20 bits per heavy atom. The first-order chi connectivity index (χ1) is 11.6. The van der Waals surface area contributed by atoms with E-state index >= 15 is 0 Å². The van der Waals surface area contributed by atoms with Gasteiger partial charge in [-0.25, -0.2) is 17.4 Å². The zero-order chi connectivity index (χ0) is 18.4. The zero-order valence-corrected chi connectivity index (χ0v) is 14.2. The fourth-order valence-corrected chi connectivity index (χ4v) is 3.74. The van der Waals surface area contributed by atoms with Gasteiger partial charge in [-0.3, -0.25) is 0 Å². The number of fused-ring (bicyclic) bond motifs is 1. The minimum atomic E-state index is -4.55. The van der Waals surface area contributed by atoms with E-state index < -0.39 is 21.8 Å². The summed E-state index contributed by atoms with van der Waals surface area (Å²) in [6, 6.07) is 8.46. The first kappa shape index (κ1) is 17.5. The normalized spacial score (nSPS) is 12.9. The molecule has 3 rings (SSSR count). The van der Waals surface area contributed by atoms with Gasteiger partial charge in [0, 0.05) is 11.6 Å². The summed E-state index contributed by atoms with van der Waals surface area (Å²) in [5, 5.41) is 0.0541. The molecule has 0 aliphatic heterocycles. The Morgan fingerprint density at radius 3 is 2.56 bits per heavy atom. The Balaban J connectivity index is 2.14. The van der Waals surface area contributed by atoms with Crippen LogP contribution in [-0.4, -0.2) is 17.4 Å². The second-order valence-corrected chi connectivity index (χ2v) is 7.69. The molecule has 0 amide bonds. The lowest BCUT2D eigenvalue weighted by atomic mass is 10.0. The van der Waals surface area contributed by atoms with Crippen LogP contribution in [0.1, 0.15) is 30.9 Å². The summed E-state index contributed by atoms with van der Waals surface area (Å²) >= 11 is 0. The minimum Gasteiger partial charge on any atom is -0.237 e. The molecule has 0 aliphatic rings. The molecule has 0 unspecified atom stereocenters. The van der Waals surface area contributed by atoms with E-state index in [1.165, 1.54) is 12.1 Å². The van der Waals surface area contributed by atoms with E-state index in [4.69, 9.17) is 0 Å². The molecule has 0 fully saturated rings. The fourth-order valence-electron chi connectivity index (χ4n) is 2.42. The van der Waals surface area contributed by atoms with Crippen molar-refractivity contribution in [2.24, 2.45) is 0 Å². The molecule has 4 nitrogen and oxygen atoms in total. The van der Waals surface area contributed by atoms with Crippen LogP contribution < -0.4 is 0 Å². The van der Waals surface area contributed by atoms with Crippen LogP contribution in [0.25, 0.3) is 11.0 Å². The van der Waals surface area contributed by atoms with Crippen molar-refractivity contribution in [3.8, 4) is 0 Å². The monoisotopic (exact) mass is 367 g/mol. The number of halogens is 3. The summed E-state index contributed by atoms with van der Waals surface area (Å²) < 4.78 is 64.7. The third-order valence-electron chi connectivity index (χ3n) is 3.82. The maximum Gasteiger partial charge on any atom is 0.417 e. The van der Waals surface area contributed by atoms with Gasteiger partial charge in [0.25, 0.3) is 10.0 Å². The third-order valence-corrected chi connectivity index (χ3v) is 5.42. The number of aromatic nitrogens is 2. The maximum absolute atomic E-state index is 12.8.